The molecule has 10 atom stereocenters. The number of Topliss-reactive ketones (excluding diaryl/α,β-unsaturated/α-hetero) is 3. The smallest absolute Gasteiger partial charge is 0.386 e. The lowest BCUT2D eigenvalue weighted by Crippen LogP contribution is -2.60. The zero-order chi connectivity index (χ0) is 56.8. The van der Waals surface area contributed by atoms with Crippen LogP contribution >= 0.6 is 0 Å². The number of aryl methyl sites for hydroxylation is 1. The predicted octanol–water partition coefficient (Wildman–Crippen LogP) is 3.41. The number of carbonyl (C=O) groups excluding carboxylic acids is 5. The number of ether oxygens (including phenoxy) is 4. The van der Waals surface area contributed by atoms with Crippen molar-refractivity contribution >= 4 is 46.4 Å². The van der Waals surface area contributed by atoms with Gasteiger partial charge in [0.25, 0.3) is 11.7 Å². The second kappa shape index (κ2) is 20.5. The Hall–Kier alpha value is -7.24. The molecule has 1 amide bonds. The van der Waals surface area contributed by atoms with E-state index in [0.717, 1.165) is 32.2 Å². The number of methoxy groups -OCH3 is 1. The Morgan fingerprint density at radius 1 is 0.923 bits per heavy atom. The Bertz CT molecular complexity index is 3220. The van der Waals surface area contributed by atoms with E-state index in [0.29, 0.717) is 36.0 Å². The molecule has 0 radical (unpaired) electrons. The number of aliphatic hydroxyl groups excluding tert-OH is 2. The van der Waals surface area contributed by atoms with Gasteiger partial charge in [-0.15, -0.1) is 4.40 Å². The molecule has 1 spiro atoms. The van der Waals surface area contributed by atoms with Gasteiger partial charge in [0, 0.05) is 86.7 Å². The summed E-state index contributed by atoms with van der Waals surface area (Å²) in [5.74, 6) is -11.6. The number of esters is 1. The maximum Gasteiger partial charge on any atom is 0.386 e. The molecule has 5 aliphatic heterocycles. The van der Waals surface area contributed by atoms with Gasteiger partial charge in [-0.25, -0.2) is 4.79 Å². The first-order valence-electron chi connectivity index (χ1n) is 25.9. The molecule has 1 aromatic carbocycles. The van der Waals surface area contributed by atoms with Crippen molar-refractivity contribution in [2.45, 2.75) is 122 Å². The summed E-state index contributed by atoms with van der Waals surface area (Å²) in [5.41, 5.74) is 11.8. The lowest BCUT2D eigenvalue weighted by atomic mass is 9.82. The molecule has 5 bridgehead atoms. The van der Waals surface area contributed by atoms with E-state index in [1.165, 1.54) is 62.7 Å². The van der Waals surface area contributed by atoms with E-state index in [9.17, 15) is 44.7 Å². The highest BCUT2D eigenvalue weighted by atomic mass is 19.1. The number of nitrogens with zero attached hydrogens (tertiary/aromatic N) is 3. The van der Waals surface area contributed by atoms with Gasteiger partial charge < -0.3 is 71.1 Å². The van der Waals surface area contributed by atoms with E-state index in [2.05, 4.69) is 5.32 Å². The van der Waals surface area contributed by atoms with E-state index in [4.69, 9.17) is 30.4 Å². The van der Waals surface area contributed by atoms with Gasteiger partial charge in [-0.05, 0) is 64.5 Å². The SMILES string of the molecule is CO[C@H]1C=CO[C@@]2(C)Oc3c(C)c(O)c4c(c3C2=O)C(=O)C(N2CCC3(CCN(c5c(F)c[n+]6c(O)c(C(=O)O)cc(C7CC7)c6c5C)C3)C2)=C(NC(=O)/C(C)=C\C=C\[C@H](C)[C@H](O)[C@@H](N)[C@@H](O)[C@@H](N)[C@H](OC(C)=O)[C@@H]1C)C4=O. The Labute approximate surface area is 448 Å². The van der Waals surface area contributed by atoms with Gasteiger partial charge in [-0.3, -0.25) is 24.0 Å². The third kappa shape index (κ3) is 9.35. The molecular weight excluding hydrogens is 1020 g/mol. The summed E-state index contributed by atoms with van der Waals surface area (Å²) in [5, 5.41) is 58.2. The van der Waals surface area contributed by atoms with Crippen molar-refractivity contribution in [3.05, 3.63) is 105 Å². The molecule has 22 heteroatoms. The number of pyridine rings is 2. The first-order valence-corrected chi connectivity index (χ1v) is 25.9. The summed E-state index contributed by atoms with van der Waals surface area (Å²) >= 11 is 0. The zero-order valence-corrected chi connectivity index (χ0v) is 44.6. The highest BCUT2D eigenvalue weighted by Crippen LogP contribution is 2.51. The van der Waals surface area contributed by atoms with Gasteiger partial charge in [0.15, 0.2) is 5.56 Å². The molecule has 1 saturated carbocycles. The minimum atomic E-state index is -2.21. The number of anilines is 1. The molecule has 21 nitrogen and oxygen atoms in total. The number of likely N-dealkylation sites (tertiary alicyclic amines) is 1. The number of aromatic nitrogens is 1. The highest BCUT2D eigenvalue weighted by molar-refractivity contribution is 6.32. The number of rotatable bonds is 6. The van der Waals surface area contributed by atoms with E-state index in [-0.39, 0.29) is 64.9 Å². The molecule has 7 heterocycles. The third-order valence-electron chi connectivity index (χ3n) is 16.6. The monoisotopic (exact) mass is 1080 g/mol. The number of carboxylic acids is 1. The molecule has 10 N–H and O–H groups in total. The van der Waals surface area contributed by atoms with E-state index in [1.54, 1.807) is 25.7 Å². The summed E-state index contributed by atoms with van der Waals surface area (Å²) < 4.78 is 41.2. The van der Waals surface area contributed by atoms with Gasteiger partial charge >= 0.3 is 23.6 Å². The van der Waals surface area contributed by atoms with Crippen molar-refractivity contribution in [1.29, 1.82) is 0 Å². The number of aromatic hydroxyl groups is 2. The van der Waals surface area contributed by atoms with Gasteiger partial charge in [-0.1, -0.05) is 32.1 Å². The van der Waals surface area contributed by atoms with Crippen LogP contribution in [0.15, 0.2) is 59.8 Å². The van der Waals surface area contributed by atoms with Crippen LogP contribution in [-0.4, -0.2) is 141 Å². The molecule has 2 aliphatic carbocycles. The number of hydrogen-bond donors (Lipinski definition) is 8. The molecule has 10 rings (SSSR count). The lowest BCUT2D eigenvalue weighted by molar-refractivity contribution is -0.525. The van der Waals surface area contributed by atoms with E-state index >= 15 is 14.0 Å². The number of halogens is 1. The fourth-order valence-corrected chi connectivity index (χ4v) is 12.0. The van der Waals surface area contributed by atoms with Crippen molar-refractivity contribution in [2.24, 2.45) is 28.7 Å². The van der Waals surface area contributed by atoms with Crippen LogP contribution in [0.3, 0.4) is 0 Å². The number of phenolic OH excluding ortho intramolecular Hbond substituents is 1. The highest BCUT2D eigenvalue weighted by Gasteiger charge is 2.55. The van der Waals surface area contributed by atoms with Crippen LogP contribution in [0.4, 0.5) is 10.1 Å². The van der Waals surface area contributed by atoms with Gasteiger partial charge in [0.1, 0.15) is 29.0 Å². The standard InChI is InChI=1S/C56H65FN6O15/c1-24-10-9-11-25(2)52(71)60-40-43(62-18-16-56(23-62)15-17-61(22-56)42-27(4)41-31(30-12-13-30)20-32(54(73)74)53(72)63(41)21-33(42)57)47(68)35-36(46(40)67)45(66)28(5)49-37(35)51(70)55(7,78-49)76-19-14-34(75-8)26(3)50(77-29(6)64)39(59)48(69)38(58)44(24)65/h9-11,14,19-21,24,26,30,34,38-39,44,48,50,65,69H,12-13,15-18,22-23,58-59H2,1-8H3,(H3,60,66,67,68,70,71,73,74)/p+1/b10-9+,19-14?,25-11-/t24-,26+,34-,38+,39+,44-,48+,50+,55-,56?/m0/s1. The number of amides is 1. The number of allylic oxidation sites excluding steroid dienone is 4. The molecule has 1 unspecified atom stereocenters. The molecule has 2 aromatic heterocycles. The van der Waals surface area contributed by atoms with Gasteiger partial charge in [-0.2, -0.15) is 4.39 Å². The summed E-state index contributed by atoms with van der Waals surface area (Å²) in [6.07, 6.45) is 5.17. The Morgan fingerprint density at radius 3 is 2.23 bits per heavy atom. The molecule has 78 heavy (non-hydrogen) atoms. The fraction of sp³-hybridized carbons (Fsp3) is 0.482. The topological polar surface area (TPSA) is 315 Å². The molecule has 416 valence electrons. The van der Waals surface area contributed by atoms with Crippen LogP contribution in [0.5, 0.6) is 17.4 Å². The number of phenols is 1. The maximum atomic E-state index is 16.5. The number of nitrogens with two attached hydrogens (primary N) is 2. The summed E-state index contributed by atoms with van der Waals surface area (Å²) in [4.78, 5) is 87.8. The Kier molecular flexibility index (Phi) is 14.6. The Morgan fingerprint density at radius 2 is 1.59 bits per heavy atom. The van der Waals surface area contributed by atoms with Crippen molar-refractivity contribution in [1.82, 2.24) is 10.2 Å². The average Bonchev–Trinajstić information content (AvgIpc) is 3.93. The molecule has 2 saturated heterocycles. The molecular formula is C56H66FN6O15+. The van der Waals surface area contributed by atoms with Crippen LogP contribution < -0.4 is 30.8 Å². The number of nitrogens with one attached hydrogen (secondary N) is 1. The number of hydrogen-bond acceptors (Lipinski definition) is 18. The van der Waals surface area contributed by atoms with Gasteiger partial charge in [0.05, 0.1) is 59.0 Å². The second-order valence-corrected chi connectivity index (χ2v) is 21.9. The largest absolute Gasteiger partial charge is 0.507 e. The van der Waals surface area contributed by atoms with Crippen molar-refractivity contribution < 1.29 is 82.0 Å². The minimum Gasteiger partial charge on any atom is -0.507 e. The quantitative estimate of drug-likeness (QED) is 0.130. The van der Waals surface area contributed by atoms with Crippen LogP contribution in [-0.2, 0) is 23.8 Å². The summed E-state index contributed by atoms with van der Waals surface area (Å²) in [7, 11) is 1.35. The number of benzene rings is 1. The molecule has 7 aliphatic rings. The number of ketones is 3. The number of aromatic carboxylic acids is 1. The fourth-order valence-electron chi connectivity index (χ4n) is 12.0. The third-order valence-corrected chi connectivity index (χ3v) is 16.6. The summed E-state index contributed by atoms with van der Waals surface area (Å²) in [6, 6.07) is -1.29. The normalized spacial score (nSPS) is 30.9. The molecule has 3 fully saturated rings. The first-order chi connectivity index (χ1) is 36.8. The first kappa shape index (κ1) is 55.5. The van der Waals surface area contributed by atoms with Crippen LogP contribution in [0.25, 0.3) is 5.52 Å². The zero-order valence-electron chi connectivity index (χ0n) is 44.6. The summed E-state index contributed by atoms with van der Waals surface area (Å²) in [6.45, 7) is 11.1. The van der Waals surface area contributed by atoms with Crippen LogP contribution in [0.1, 0.15) is 124 Å². The van der Waals surface area contributed by atoms with Crippen LogP contribution in [0.2, 0.25) is 0 Å². The van der Waals surface area contributed by atoms with Crippen LogP contribution in [0, 0.1) is 36.9 Å². The van der Waals surface area contributed by atoms with Crippen molar-refractivity contribution in [3.8, 4) is 17.4 Å². The van der Waals surface area contributed by atoms with E-state index in [1.807, 2.05) is 4.90 Å². The van der Waals surface area contributed by atoms with Gasteiger partial charge in [0.2, 0.25) is 29.1 Å². The maximum absolute atomic E-state index is 16.5. The van der Waals surface area contributed by atoms with E-state index < -0.39 is 129 Å². The average molecular weight is 1080 g/mol. The number of carbonyl (C=O) groups is 6. The number of fused-ring (bicyclic) bond motifs is 15. The molecule has 3 aromatic rings. The predicted molar refractivity (Wildman–Crippen MR) is 276 cm³/mol. The van der Waals surface area contributed by atoms with Crippen molar-refractivity contribution in [3.63, 3.8) is 0 Å². The lowest BCUT2D eigenvalue weighted by Gasteiger charge is -2.37. The minimum absolute atomic E-state index is 0.0316. The Balaban J connectivity index is 1.11. The second-order valence-electron chi connectivity index (χ2n) is 21.9. The number of aliphatic hydroxyl groups is 2. The van der Waals surface area contributed by atoms with Crippen molar-refractivity contribution in [2.75, 3.05) is 38.2 Å². The number of carboxylic acid groups (broad SMARTS) is 1.